The number of phenols is 1. The van der Waals surface area contributed by atoms with Crippen molar-refractivity contribution in [2.24, 2.45) is 5.10 Å². The Hall–Kier alpha value is -3.72. The fraction of sp³-hybridized carbons (Fsp3) is 0.240. The van der Waals surface area contributed by atoms with Gasteiger partial charge in [0.1, 0.15) is 5.37 Å². The largest absolute Gasteiger partial charge is 0.504 e. The van der Waals surface area contributed by atoms with Gasteiger partial charge in [0, 0.05) is 11.3 Å². The number of carbonyl (C=O) groups is 2. The van der Waals surface area contributed by atoms with Crippen molar-refractivity contribution in [3.63, 3.8) is 0 Å². The third-order valence-corrected chi connectivity index (χ3v) is 6.92. The van der Waals surface area contributed by atoms with Gasteiger partial charge in [0.05, 0.1) is 30.9 Å². The highest BCUT2D eigenvalue weighted by atomic mass is 32.2. The molecule has 9 heteroatoms. The Morgan fingerprint density at radius 3 is 2.68 bits per heavy atom. The number of phenolic OH excluding ortho intramolecular Hbond substituents is 1. The zero-order valence-electron chi connectivity index (χ0n) is 18.8. The van der Waals surface area contributed by atoms with Crippen molar-refractivity contribution in [2.75, 3.05) is 12.4 Å². The normalized spacial score (nSPS) is 17.7. The number of thioether (sulfide) groups is 1. The van der Waals surface area contributed by atoms with E-state index in [4.69, 9.17) is 14.3 Å². The second-order valence-electron chi connectivity index (χ2n) is 7.66. The molecule has 0 bridgehead atoms. The highest BCUT2D eigenvalue weighted by Crippen LogP contribution is 2.35. The number of aromatic hydroxyl groups is 1. The summed E-state index contributed by atoms with van der Waals surface area (Å²) < 4.78 is 10.3. The number of carbonyl (C=O) groups excluding carboxylic acids is 2. The second-order valence-corrected chi connectivity index (χ2v) is 8.98. The lowest BCUT2D eigenvalue weighted by molar-refractivity contribution is -0.110. The Labute approximate surface area is 201 Å². The van der Waals surface area contributed by atoms with Crippen LogP contribution in [0.1, 0.15) is 35.0 Å². The number of ether oxygens (including phenoxy) is 1. The lowest BCUT2D eigenvalue weighted by atomic mass is 10.0. The number of benzene rings is 2. The zero-order valence-corrected chi connectivity index (χ0v) is 19.6. The van der Waals surface area contributed by atoms with Gasteiger partial charge in [0.15, 0.2) is 23.5 Å². The third kappa shape index (κ3) is 5.09. The van der Waals surface area contributed by atoms with Crippen molar-refractivity contribution in [2.45, 2.75) is 30.5 Å². The summed E-state index contributed by atoms with van der Waals surface area (Å²) in [6.45, 7) is 2.45. The number of nitrogens with zero attached hydrogens (tertiary/aromatic N) is 2. The molecule has 1 aromatic heterocycles. The van der Waals surface area contributed by atoms with Gasteiger partial charge in [-0.15, -0.1) is 11.8 Å². The Bertz CT molecular complexity index is 1180. The molecule has 0 fully saturated rings. The van der Waals surface area contributed by atoms with Gasteiger partial charge < -0.3 is 24.4 Å². The molecular formula is C25H25N3O5S. The van der Waals surface area contributed by atoms with Crippen LogP contribution in [-0.4, -0.2) is 45.8 Å². The fourth-order valence-corrected chi connectivity index (χ4v) is 4.82. The van der Waals surface area contributed by atoms with Crippen LogP contribution in [0.2, 0.25) is 0 Å². The summed E-state index contributed by atoms with van der Waals surface area (Å²) in [6, 6.07) is 15.8. The number of hydrogen-bond donors (Lipinski definition) is 2. The molecule has 0 aliphatic carbocycles. The van der Waals surface area contributed by atoms with Crippen LogP contribution in [0.15, 0.2) is 70.4 Å². The number of anilines is 1. The van der Waals surface area contributed by atoms with Gasteiger partial charge in [-0.3, -0.25) is 9.80 Å². The summed E-state index contributed by atoms with van der Waals surface area (Å²) in [7, 11) is 1.50. The van der Waals surface area contributed by atoms with Gasteiger partial charge in [-0.1, -0.05) is 19.1 Å². The lowest BCUT2D eigenvalue weighted by Crippen LogP contribution is -2.39. The molecule has 4 rings (SSSR count). The van der Waals surface area contributed by atoms with E-state index in [0.29, 0.717) is 18.0 Å². The van der Waals surface area contributed by atoms with E-state index in [1.807, 2.05) is 25.1 Å². The standard InChI is InChI=1S/C25H25N3O5S/c1-3-22-24(17-8-11-20(32-2)19(30)13-17)27-28(23(15-29)34-22)14-16-6-9-18(10-7-16)26-25(31)21-5-4-12-33-21/h4-13,15,22-23,30H,3,14H2,1-2H3,(H,26,31). The van der Waals surface area contributed by atoms with E-state index in [2.05, 4.69) is 5.32 Å². The number of rotatable bonds is 8. The molecule has 1 aliphatic rings. The molecule has 3 aromatic rings. The van der Waals surface area contributed by atoms with Crippen LogP contribution in [0, 0.1) is 0 Å². The number of nitrogens with one attached hydrogen (secondary N) is 1. The van der Waals surface area contributed by atoms with Crippen LogP contribution in [0.4, 0.5) is 5.69 Å². The third-order valence-electron chi connectivity index (χ3n) is 5.40. The first-order valence-electron chi connectivity index (χ1n) is 10.8. The maximum absolute atomic E-state index is 12.2. The number of hydrogen-bond acceptors (Lipinski definition) is 8. The number of methoxy groups -OCH3 is 1. The molecule has 0 saturated carbocycles. The summed E-state index contributed by atoms with van der Waals surface area (Å²) in [5.41, 5.74) is 3.14. The van der Waals surface area contributed by atoms with Gasteiger partial charge in [-0.25, -0.2) is 0 Å². The molecule has 1 amide bonds. The molecule has 2 atom stereocenters. The van der Waals surface area contributed by atoms with E-state index >= 15 is 0 Å². The first-order valence-corrected chi connectivity index (χ1v) is 11.7. The Morgan fingerprint density at radius 1 is 1.26 bits per heavy atom. The number of hydrazone groups is 1. The molecule has 2 unspecified atom stereocenters. The van der Waals surface area contributed by atoms with Crippen molar-refractivity contribution in [1.29, 1.82) is 0 Å². The van der Waals surface area contributed by atoms with Gasteiger partial charge in [-0.05, 0) is 54.4 Å². The summed E-state index contributed by atoms with van der Waals surface area (Å²) in [5, 5.41) is 19.2. The fourth-order valence-electron chi connectivity index (χ4n) is 3.65. The molecule has 0 spiro atoms. The summed E-state index contributed by atoms with van der Waals surface area (Å²) >= 11 is 1.53. The van der Waals surface area contributed by atoms with Crippen LogP contribution < -0.4 is 10.1 Å². The van der Waals surface area contributed by atoms with Gasteiger partial charge in [-0.2, -0.15) is 5.10 Å². The Morgan fingerprint density at radius 2 is 2.06 bits per heavy atom. The molecule has 34 heavy (non-hydrogen) atoms. The molecule has 2 N–H and O–H groups in total. The molecule has 8 nitrogen and oxygen atoms in total. The predicted octanol–water partition coefficient (Wildman–Crippen LogP) is 4.50. The average Bonchev–Trinajstić information content (AvgIpc) is 3.40. The van der Waals surface area contributed by atoms with E-state index in [-0.39, 0.29) is 22.7 Å². The highest BCUT2D eigenvalue weighted by molar-refractivity contribution is 8.01. The Balaban J connectivity index is 1.54. The predicted molar refractivity (Wildman–Crippen MR) is 131 cm³/mol. The van der Waals surface area contributed by atoms with Crippen LogP contribution in [-0.2, 0) is 11.3 Å². The smallest absolute Gasteiger partial charge is 0.291 e. The van der Waals surface area contributed by atoms with Crippen LogP contribution in [0.5, 0.6) is 11.5 Å². The minimum atomic E-state index is -0.432. The minimum absolute atomic E-state index is 0.0124. The van der Waals surface area contributed by atoms with Crippen LogP contribution >= 0.6 is 11.8 Å². The molecule has 1 aliphatic heterocycles. The first kappa shape index (κ1) is 23.4. The maximum atomic E-state index is 12.2. The number of furan rings is 1. The monoisotopic (exact) mass is 479 g/mol. The van der Waals surface area contributed by atoms with Gasteiger partial charge >= 0.3 is 0 Å². The second kappa shape index (κ2) is 10.5. The highest BCUT2D eigenvalue weighted by Gasteiger charge is 2.31. The van der Waals surface area contributed by atoms with E-state index in [9.17, 15) is 14.7 Å². The summed E-state index contributed by atoms with van der Waals surface area (Å²) in [6.07, 6.45) is 3.14. The van der Waals surface area contributed by atoms with Crippen LogP contribution in [0.3, 0.4) is 0 Å². The molecular weight excluding hydrogens is 454 g/mol. The molecule has 2 aromatic carbocycles. The van der Waals surface area contributed by atoms with E-state index < -0.39 is 5.37 Å². The van der Waals surface area contributed by atoms with Crippen molar-refractivity contribution in [1.82, 2.24) is 5.01 Å². The van der Waals surface area contributed by atoms with E-state index in [1.54, 1.807) is 41.4 Å². The lowest BCUT2D eigenvalue weighted by Gasteiger charge is -2.34. The quantitative estimate of drug-likeness (QED) is 0.458. The number of aldehydes is 1. The van der Waals surface area contributed by atoms with Crippen molar-refractivity contribution in [3.05, 3.63) is 77.7 Å². The minimum Gasteiger partial charge on any atom is -0.504 e. The Kier molecular flexibility index (Phi) is 7.22. The molecule has 0 saturated heterocycles. The van der Waals surface area contributed by atoms with Crippen molar-refractivity contribution in [3.8, 4) is 11.5 Å². The topological polar surface area (TPSA) is 104 Å². The first-order chi connectivity index (χ1) is 16.5. The van der Waals surface area contributed by atoms with Crippen molar-refractivity contribution >= 4 is 35.4 Å². The van der Waals surface area contributed by atoms with Crippen LogP contribution in [0.25, 0.3) is 0 Å². The maximum Gasteiger partial charge on any atom is 0.291 e. The zero-order chi connectivity index (χ0) is 24.1. The number of amides is 1. The molecule has 176 valence electrons. The van der Waals surface area contributed by atoms with Gasteiger partial charge in [0.2, 0.25) is 0 Å². The SMILES string of the molecule is CCC1SC(C=O)N(Cc2ccc(NC(=O)c3ccco3)cc2)N=C1c1ccc(OC)c(O)c1. The molecule has 2 heterocycles. The molecule has 0 radical (unpaired) electrons. The van der Waals surface area contributed by atoms with Gasteiger partial charge in [0.25, 0.3) is 5.91 Å². The van der Waals surface area contributed by atoms with E-state index in [0.717, 1.165) is 29.5 Å². The van der Waals surface area contributed by atoms with Crippen molar-refractivity contribution < 1.29 is 23.8 Å². The van der Waals surface area contributed by atoms with E-state index in [1.165, 1.54) is 25.1 Å². The summed E-state index contributed by atoms with van der Waals surface area (Å²) in [5.74, 6) is 0.343. The summed E-state index contributed by atoms with van der Waals surface area (Å²) in [4.78, 5) is 24.0. The average molecular weight is 480 g/mol.